The minimum Gasteiger partial charge on any atom is -0.393 e. The van der Waals surface area contributed by atoms with Gasteiger partial charge < -0.3 is 10.0 Å². The van der Waals surface area contributed by atoms with Crippen LogP contribution in [0, 0.1) is 6.92 Å². The number of carbonyl (C=O) groups excluding carboxylic acids is 1. The van der Waals surface area contributed by atoms with Crippen molar-refractivity contribution in [1.29, 1.82) is 0 Å². The van der Waals surface area contributed by atoms with E-state index in [1.165, 1.54) is 11.1 Å². The maximum atomic E-state index is 12.6. The molecule has 1 heterocycles. The van der Waals surface area contributed by atoms with Crippen LogP contribution in [-0.4, -0.2) is 34.6 Å². The van der Waals surface area contributed by atoms with Gasteiger partial charge in [0.2, 0.25) is 5.91 Å². The first-order valence-corrected chi connectivity index (χ1v) is 8.02. The first-order chi connectivity index (χ1) is 9.99. The molecule has 21 heavy (non-hydrogen) atoms. The fourth-order valence-electron chi connectivity index (χ4n) is 3.43. The summed E-state index contributed by atoms with van der Waals surface area (Å²) in [7, 11) is 0. The number of amides is 1. The van der Waals surface area contributed by atoms with Gasteiger partial charge >= 0.3 is 0 Å². The van der Waals surface area contributed by atoms with Crippen molar-refractivity contribution in [2.75, 3.05) is 6.54 Å². The number of aryl methyl sites for hydroxylation is 1. The third kappa shape index (κ3) is 4.07. The third-order valence-electron chi connectivity index (χ3n) is 4.51. The van der Waals surface area contributed by atoms with Crippen LogP contribution in [0.4, 0.5) is 0 Å². The zero-order chi connectivity index (χ0) is 15.4. The molecular weight excluding hydrogens is 262 g/mol. The largest absolute Gasteiger partial charge is 0.393 e. The number of rotatable bonds is 5. The Hall–Kier alpha value is -1.35. The van der Waals surface area contributed by atoms with Gasteiger partial charge in [-0.3, -0.25) is 4.79 Å². The summed E-state index contributed by atoms with van der Waals surface area (Å²) in [6, 6.07) is 8.51. The molecule has 116 valence electrons. The summed E-state index contributed by atoms with van der Waals surface area (Å²) in [5.74, 6) is 0.473. The number of likely N-dealkylation sites (tertiary alicyclic amines) is 1. The Labute approximate surface area is 128 Å². The predicted molar refractivity (Wildman–Crippen MR) is 85.2 cm³/mol. The Kier molecular flexibility index (Phi) is 5.40. The summed E-state index contributed by atoms with van der Waals surface area (Å²) in [5.41, 5.74) is 2.51. The Balaban J connectivity index is 1.99. The number of aliphatic hydroxyl groups excluding tert-OH is 1. The van der Waals surface area contributed by atoms with Gasteiger partial charge in [-0.05, 0) is 50.2 Å². The second kappa shape index (κ2) is 7.08. The van der Waals surface area contributed by atoms with Crippen LogP contribution in [0.15, 0.2) is 24.3 Å². The molecule has 0 bridgehead atoms. The average molecular weight is 289 g/mol. The van der Waals surface area contributed by atoms with E-state index >= 15 is 0 Å². The molecule has 1 saturated heterocycles. The minimum absolute atomic E-state index is 0.224. The summed E-state index contributed by atoms with van der Waals surface area (Å²) in [4.78, 5) is 14.6. The van der Waals surface area contributed by atoms with Crippen molar-refractivity contribution in [2.45, 2.75) is 64.5 Å². The molecule has 1 N–H and O–H groups in total. The third-order valence-corrected chi connectivity index (χ3v) is 4.51. The van der Waals surface area contributed by atoms with Crippen molar-refractivity contribution in [3.05, 3.63) is 35.4 Å². The van der Waals surface area contributed by atoms with Crippen molar-refractivity contribution in [3.63, 3.8) is 0 Å². The molecule has 1 aromatic carbocycles. The topological polar surface area (TPSA) is 40.5 Å². The van der Waals surface area contributed by atoms with Crippen molar-refractivity contribution < 1.29 is 9.90 Å². The summed E-state index contributed by atoms with van der Waals surface area (Å²) in [5, 5.41) is 9.57. The maximum absolute atomic E-state index is 12.6. The molecule has 1 amide bonds. The predicted octanol–water partition coefficient (Wildman–Crippen LogP) is 3.25. The standard InChI is InChI=1S/C18H27NO2/c1-13-7-4-5-9-17(13)14(2)11-18(21)19-10-6-8-16(19)12-15(3)20/h4-5,7,9,14-16,20H,6,8,10-12H2,1-3H3. The van der Waals surface area contributed by atoms with Gasteiger partial charge in [0.15, 0.2) is 0 Å². The molecule has 3 nitrogen and oxygen atoms in total. The summed E-state index contributed by atoms with van der Waals surface area (Å²) < 4.78 is 0. The number of nitrogens with zero attached hydrogens (tertiary/aromatic N) is 1. The zero-order valence-electron chi connectivity index (χ0n) is 13.4. The van der Waals surface area contributed by atoms with Gasteiger partial charge in [-0.1, -0.05) is 31.2 Å². The lowest BCUT2D eigenvalue weighted by Crippen LogP contribution is -2.37. The molecule has 0 saturated carbocycles. The van der Waals surface area contributed by atoms with Gasteiger partial charge in [0.05, 0.1) is 6.10 Å². The van der Waals surface area contributed by atoms with E-state index in [0.717, 1.165) is 19.4 Å². The fraction of sp³-hybridized carbons (Fsp3) is 0.611. The van der Waals surface area contributed by atoms with Gasteiger partial charge in [0.25, 0.3) is 0 Å². The van der Waals surface area contributed by atoms with E-state index < -0.39 is 0 Å². The maximum Gasteiger partial charge on any atom is 0.223 e. The van der Waals surface area contributed by atoms with Crippen LogP contribution in [-0.2, 0) is 4.79 Å². The quantitative estimate of drug-likeness (QED) is 0.904. The lowest BCUT2D eigenvalue weighted by atomic mass is 9.93. The second-order valence-corrected chi connectivity index (χ2v) is 6.43. The highest BCUT2D eigenvalue weighted by molar-refractivity contribution is 5.77. The van der Waals surface area contributed by atoms with E-state index in [9.17, 15) is 9.90 Å². The van der Waals surface area contributed by atoms with Crippen LogP contribution in [0.1, 0.15) is 56.6 Å². The van der Waals surface area contributed by atoms with Gasteiger partial charge in [-0.15, -0.1) is 0 Å². The number of carbonyl (C=O) groups is 1. The first-order valence-electron chi connectivity index (χ1n) is 8.02. The number of benzene rings is 1. The van der Waals surface area contributed by atoms with Crippen LogP contribution in [0.2, 0.25) is 0 Å². The van der Waals surface area contributed by atoms with Crippen LogP contribution in [0.5, 0.6) is 0 Å². The van der Waals surface area contributed by atoms with E-state index in [-0.39, 0.29) is 24.0 Å². The highest BCUT2D eigenvalue weighted by Crippen LogP contribution is 2.27. The minimum atomic E-state index is -0.336. The lowest BCUT2D eigenvalue weighted by Gasteiger charge is -2.27. The fourth-order valence-corrected chi connectivity index (χ4v) is 3.43. The summed E-state index contributed by atoms with van der Waals surface area (Å²) in [6.07, 6.45) is 3.00. The Morgan fingerprint density at radius 3 is 2.76 bits per heavy atom. The smallest absolute Gasteiger partial charge is 0.223 e. The molecule has 2 rings (SSSR count). The normalized spacial score (nSPS) is 21.3. The molecule has 0 aromatic heterocycles. The van der Waals surface area contributed by atoms with E-state index in [1.807, 2.05) is 17.0 Å². The molecule has 3 atom stereocenters. The van der Waals surface area contributed by atoms with E-state index in [0.29, 0.717) is 12.8 Å². The van der Waals surface area contributed by atoms with E-state index in [1.54, 1.807) is 6.92 Å². The highest BCUT2D eigenvalue weighted by atomic mass is 16.3. The Morgan fingerprint density at radius 2 is 2.10 bits per heavy atom. The molecule has 0 radical (unpaired) electrons. The molecule has 3 unspecified atom stereocenters. The van der Waals surface area contributed by atoms with E-state index in [4.69, 9.17) is 0 Å². The number of aliphatic hydroxyl groups is 1. The second-order valence-electron chi connectivity index (χ2n) is 6.43. The molecule has 1 aliphatic heterocycles. The average Bonchev–Trinajstić information content (AvgIpc) is 2.86. The van der Waals surface area contributed by atoms with Gasteiger partial charge in [0, 0.05) is 19.0 Å². The summed E-state index contributed by atoms with van der Waals surface area (Å²) >= 11 is 0. The van der Waals surface area contributed by atoms with Crippen LogP contribution < -0.4 is 0 Å². The van der Waals surface area contributed by atoms with Crippen molar-refractivity contribution in [1.82, 2.24) is 4.90 Å². The van der Waals surface area contributed by atoms with Gasteiger partial charge in [-0.2, -0.15) is 0 Å². The number of hydrogen-bond donors (Lipinski definition) is 1. The molecule has 1 aliphatic rings. The van der Waals surface area contributed by atoms with Crippen LogP contribution >= 0.6 is 0 Å². The number of hydrogen-bond acceptors (Lipinski definition) is 2. The van der Waals surface area contributed by atoms with Crippen LogP contribution in [0.3, 0.4) is 0 Å². The Morgan fingerprint density at radius 1 is 1.38 bits per heavy atom. The highest BCUT2D eigenvalue weighted by Gasteiger charge is 2.30. The SMILES string of the molecule is Cc1ccccc1C(C)CC(=O)N1CCCC1CC(C)O. The van der Waals surface area contributed by atoms with Crippen molar-refractivity contribution in [3.8, 4) is 0 Å². The molecular formula is C18H27NO2. The van der Waals surface area contributed by atoms with E-state index in [2.05, 4.69) is 26.0 Å². The van der Waals surface area contributed by atoms with Gasteiger partial charge in [0.1, 0.15) is 0 Å². The van der Waals surface area contributed by atoms with Crippen molar-refractivity contribution >= 4 is 5.91 Å². The summed E-state index contributed by atoms with van der Waals surface area (Å²) in [6.45, 7) is 6.87. The molecule has 0 aliphatic carbocycles. The molecule has 0 spiro atoms. The molecule has 1 aromatic rings. The molecule has 3 heteroatoms. The Bertz CT molecular complexity index is 484. The zero-order valence-corrected chi connectivity index (χ0v) is 13.4. The van der Waals surface area contributed by atoms with Gasteiger partial charge in [-0.25, -0.2) is 0 Å². The van der Waals surface area contributed by atoms with Crippen LogP contribution in [0.25, 0.3) is 0 Å². The lowest BCUT2D eigenvalue weighted by molar-refractivity contribution is -0.132. The monoisotopic (exact) mass is 289 g/mol. The first kappa shape index (κ1) is 16.0. The van der Waals surface area contributed by atoms with Crippen molar-refractivity contribution in [2.24, 2.45) is 0 Å². The molecule has 1 fully saturated rings.